The minimum absolute atomic E-state index is 0.0748. The normalized spacial score (nSPS) is 15.9. The smallest absolute Gasteiger partial charge is 0.307 e. The summed E-state index contributed by atoms with van der Waals surface area (Å²) < 4.78 is 0. The molecule has 1 aliphatic heterocycles. The summed E-state index contributed by atoms with van der Waals surface area (Å²) in [4.78, 5) is 54.7. The van der Waals surface area contributed by atoms with Crippen molar-refractivity contribution < 1.29 is 24.3 Å². The summed E-state index contributed by atoms with van der Waals surface area (Å²) >= 11 is 0. The molecule has 2 aromatic rings. The Labute approximate surface area is 257 Å². The van der Waals surface area contributed by atoms with Crippen LogP contribution in [0, 0.1) is 17.8 Å². The zero-order valence-electron chi connectivity index (χ0n) is 26.0. The molecule has 2 aromatic carbocycles. The maximum Gasteiger partial charge on any atom is 0.307 e. The SMILES string of the molecule is CC(C)C[C@H](NC(=O)[C@H](CCc1ccccc1)CC(=O)CCCN1CCCCC1)C(=O)C[C@@H](Cc1ccccc1)C(=O)O. The number of Topliss-reactive ketones (excluding diaryl/α,β-unsaturated/α-hetero) is 2. The minimum atomic E-state index is -1.03. The van der Waals surface area contributed by atoms with Gasteiger partial charge in [0.05, 0.1) is 12.0 Å². The van der Waals surface area contributed by atoms with E-state index in [0.717, 1.165) is 37.2 Å². The number of nitrogens with zero attached hydrogens (tertiary/aromatic N) is 1. The molecule has 3 rings (SSSR count). The van der Waals surface area contributed by atoms with E-state index in [1.165, 1.54) is 19.3 Å². The van der Waals surface area contributed by atoms with Gasteiger partial charge < -0.3 is 15.3 Å². The lowest BCUT2D eigenvalue weighted by atomic mass is 9.88. The number of amides is 1. The van der Waals surface area contributed by atoms with Crippen molar-refractivity contribution in [2.75, 3.05) is 19.6 Å². The lowest BCUT2D eigenvalue weighted by Gasteiger charge is -2.26. The highest BCUT2D eigenvalue weighted by molar-refractivity contribution is 5.93. The Hall–Kier alpha value is -3.32. The second kappa shape index (κ2) is 18.4. The fraction of sp³-hybridized carbons (Fsp3) is 0.556. The van der Waals surface area contributed by atoms with Crippen molar-refractivity contribution in [2.45, 2.75) is 90.5 Å². The van der Waals surface area contributed by atoms with Gasteiger partial charge in [0, 0.05) is 25.2 Å². The van der Waals surface area contributed by atoms with Crippen LogP contribution in [0.15, 0.2) is 60.7 Å². The first kappa shape index (κ1) is 34.2. The maximum atomic E-state index is 13.7. The molecular weight excluding hydrogens is 540 g/mol. The molecule has 1 heterocycles. The number of rotatable bonds is 19. The molecule has 0 aliphatic carbocycles. The summed E-state index contributed by atoms with van der Waals surface area (Å²) in [6.07, 6.45) is 6.74. The highest BCUT2D eigenvalue weighted by atomic mass is 16.4. The number of carboxylic acids is 1. The summed E-state index contributed by atoms with van der Waals surface area (Å²) in [5, 5.41) is 12.8. The Morgan fingerprint density at radius 2 is 1.47 bits per heavy atom. The van der Waals surface area contributed by atoms with E-state index in [1.54, 1.807) is 0 Å². The average molecular weight is 591 g/mol. The second-order valence-corrected chi connectivity index (χ2v) is 12.6. The van der Waals surface area contributed by atoms with E-state index in [0.29, 0.717) is 25.7 Å². The minimum Gasteiger partial charge on any atom is -0.481 e. The van der Waals surface area contributed by atoms with Crippen LogP contribution in [0.1, 0.15) is 82.8 Å². The monoisotopic (exact) mass is 590 g/mol. The number of carbonyl (C=O) groups is 4. The molecular formula is C36H50N2O5. The summed E-state index contributed by atoms with van der Waals surface area (Å²) in [7, 11) is 0. The van der Waals surface area contributed by atoms with Crippen LogP contribution < -0.4 is 5.32 Å². The fourth-order valence-electron chi connectivity index (χ4n) is 5.93. The molecule has 3 atom stereocenters. The lowest BCUT2D eigenvalue weighted by molar-refractivity contribution is -0.144. The van der Waals surface area contributed by atoms with Crippen LogP contribution in [-0.2, 0) is 32.0 Å². The fourth-order valence-corrected chi connectivity index (χ4v) is 5.93. The van der Waals surface area contributed by atoms with Gasteiger partial charge in [0.25, 0.3) is 0 Å². The average Bonchev–Trinajstić information content (AvgIpc) is 2.99. The number of hydrogen-bond acceptors (Lipinski definition) is 5. The Balaban J connectivity index is 1.65. The summed E-state index contributed by atoms with van der Waals surface area (Å²) in [5.41, 5.74) is 1.95. The van der Waals surface area contributed by atoms with Crippen molar-refractivity contribution in [3.8, 4) is 0 Å². The first-order chi connectivity index (χ1) is 20.7. The Morgan fingerprint density at radius 3 is 2.07 bits per heavy atom. The highest BCUT2D eigenvalue weighted by Crippen LogP contribution is 2.20. The van der Waals surface area contributed by atoms with Crippen molar-refractivity contribution in [1.82, 2.24) is 10.2 Å². The molecule has 1 saturated heterocycles. The standard InChI is InChI=1S/C36H50N2O5/c1-27(2)23-33(34(40)26-31(36(42)43)24-29-15-8-4-9-16-29)37-35(41)30(19-18-28-13-6-3-7-14-28)25-32(39)17-12-22-38-20-10-5-11-21-38/h3-4,6-9,13-16,27,30-31,33H,5,10-12,17-26H2,1-2H3,(H,37,41)(H,42,43)/t30-,31-,33+/m1/s1. The number of piperidine rings is 1. The number of benzene rings is 2. The van der Waals surface area contributed by atoms with Crippen LogP contribution in [0.5, 0.6) is 0 Å². The van der Waals surface area contributed by atoms with Crippen LogP contribution >= 0.6 is 0 Å². The summed E-state index contributed by atoms with van der Waals surface area (Å²) in [6.45, 7) is 7.05. The largest absolute Gasteiger partial charge is 0.481 e. The zero-order chi connectivity index (χ0) is 31.0. The van der Waals surface area contributed by atoms with Crippen LogP contribution in [0.4, 0.5) is 0 Å². The third kappa shape index (κ3) is 12.8. The number of hydrogen-bond donors (Lipinski definition) is 2. The van der Waals surface area contributed by atoms with Crippen molar-refractivity contribution in [3.63, 3.8) is 0 Å². The molecule has 1 aliphatic rings. The van der Waals surface area contributed by atoms with E-state index in [9.17, 15) is 24.3 Å². The van der Waals surface area contributed by atoms with E-state index >= 15 is 0 Å². The third-order valence-electron chi connectivity index (χ3n) is 8.38. The molecule has 7 heteroatoms. The third-order valence-corrected chi connectivity index (χ3v) is 8.38. The van der Waals surface area contributed by atoms with Gasteiger partial charge in [-0.2, -0.15) is 0 Å². The van der Waals surface area contributed by atoms with Crippen molar-refractivity contribution in [3.05, 3.63) is 71.8 Å². The molecule has 0 saturated carbocycles. The Kier molecular flexibility index (Phi) is 14.6. The van der Waals surface area contributed by atoms with Crippen molar-refractivity contribution in [2.24, 2.45) is 17.8 Å². The van der Waals surface area contributed by atoms with Crippen LogP contribution in [-0.4, -0.2) is 59.1 Å². The van der Waals surface area contributed by atoms with Gasteiger partial charge in [-0.15, -0.1) is 0 Å². The molecule has 0 aromatic heterocycles. The lowest BCUT2D eigenvalue weighted by Crippen LogP contribution is -2.45. The van der Waals surface area contributed by atoms with Gasteiger partial charge in [0.15, 0.2) is 5.78 Å². The predicted octanol–water partition coefficient (Wildman–Crippen LogP) is 5.89. The number of likely N-dealkylation sites (tertiary alicyclic amines) is 1. The first-order valence-corrected chi connectivity index (χ1v) is 16.1. The Morgan fingerprint density at radius 1 is 0.837 bits per heavy atom. The molecule has 234 valence electrons. The van der Waals surface area contributed by atoms with Gasteiger partial charge in [-0.3, -0.25) is 19.2 Å². The number of carboxylic acid groups (broad SMARTS) is 1. The zero-order valence-corrected chi connectivity index (χ0v) is 26.0. The molecule has 2 N–H and O–H groups in total. The molecule has 0 unspecified atom stereocenters. The van der Waals surface area contributed by atoms with Gasteiger partial charge >= 0.3 is 5.97 Å². The number of aryl methyl sites for hydroxylation is 1. The van der Waals surface area contributed by atoms with Crippen molar-refractivity contribution in [1.29, 1.82) is 0 Å². The topological polar surface area (TPSA) is 104 Å². The molecule has 1 amide bonds. The van der Waals surface area contributed by atoms with Crippen molar-refractivity contribution >= 4 is 23.4 Å². The van der Waals surface area contributed by atoms with E-state index < -0.39 is 23.8 Å². The number of ketones is 2. The van der Waals surface area contributed by atoms with Crippen LogP contribution in [0.3, 0.4) is 0 Å². The first-order valence-electron chi connectivity index (χ1n) is 16.1. The molecule has 1 fully saturated rings. The van der Waals surface area contributed by atoms with Gasteiger partial charge in [-0.05, 0) is 81.6 Å². The Bertz CT molecular complexity index is 1140. The number of carbonyl (C=O) groups excluding carboxylic acids is 3. The quantitative estimate of drug-likeness (QED) is 0.211. The van der Waals surface area contributed by atoms with Gasteiger partial charge in [-0.1, -0.05) is 80.9 Å². The predicted molar refractivity (Wildman–Crippen MR) is 170 cm³/mol. The van der Waals surface area contributed by atoms with Crippen LogP contribution in [0.25, 0.3) is 0 Å². The second-order valence-electron chi connectivity index (χ2n) is 12.6. The van der Waals surface area contributed by atoms with E-state index in [-0.39, 0.29) is 42.7 Å². The molecule has 0 radical (unpaired) electrons. The molecule has 0 spiro atoms. The van der Waals surface area contributed by atoms with E-state index in [4.69, 9.17) is 0 Å². The summed E-state index contributed by atoms with van der Waals surface area (Å²) in [6, 6.07) is 18.4. The van der Waals surface area contributed by atoms with E-state index in [1.807, 2.05) is 74.5 Å². The van der Waals surface area contributed by atoms with Gasteiger partial charge in [-0.25, -0.2) is 0 Å². The van der Waals surface area contributed by atoms with Gasteiger partial charge in [0.1, 0.15) is 5.78 Å². The van der Waals surface area contributed by atoms with Gasteiger partial charge in [0.2, 0.25) is 5.91 Å². The molecule has 43 heavy (non-hydrogen) atoms. The van der Waals surface area contributed by atoms with E-state index in [2.05, 4.69) is 10.2 Å². The van der Waals surface area contributed by atoms with Crippen LogP contribution in [0.2, 0.25) is 0 Å². The molecule has 7 nitrogen and oxygen atoms in total. The number of nitrogens with one attached hydrogen (secondary N) is 1. The summed E-state index contributed by atoms with van der Waals surface area (Å²) in [5.74, 6) is -2.84. The maximum absolute atomic E-state index is 13.7. The highest BCUT2D eigenvalue weighted by Gasteiger charge is 2.31. The number of aliphatic carboxylic acids is 1. The molecule has 0 bridgehead atoms.